The highest BCUT2D eigenvalue weighted by molar-refractivity contribution is 5.79. The molecule has 1 atom stereocenters. The van der Waals surface area contributed by atoms with Crippen molar-refractivity contribution < 1.29 is 14.4 Å². The lowest BCUT2D eigenvalue weighted by molar-refractivity contribution is -0.138. The molecule has 4 amide bonds. The SMILES string of the molecule is CCC(C)NC(=O)NCCC(=O)N1CCN(C(C)=O)CC1. The van der Waals surface area contributed by atoms with Gasteiger partial charge in [0.25, 0.3) is 0 Å². The van der Waals surface area contributed by atoms with Gasteiger partial charge in [-0.1, -0.05) is 6.92 Å². The van der Waals surface area contributed by atoms with Crippen LogP contribution in [0, 0.1) is 0 Å². The predicted octanol–water partition coefficient (Wildman–Crippen LogP) is 0.165. The molecule has 0 bridgehead atoms. The normalized spacial score (nSPS) is 16.3. The molecule has 1 aliphatic heterocycles. The third-order valence-electron chi connectivity index (χ3n) is 3.69. The van der Waals surface area contributed by atoms with Crippen LogP contribution in [0.25, 0.3) is 0 Å². The van der Waals surface area contributed by atoms with Crippen LogP contribution in [0.1, 0.15) is 33.6 Å². The molecule has 1 saturated heterocycles. The van der Waals surface area contributed by atoms with E-state index in [1.807, 2.05) is 13.8 Å². The molecule has 2 N–H and O–H groups in total. The molecule has 1 unspecified atom stereocenters. The number of rotatable bonds is 5. The van der Waals surface area contributed by atoms with E-state index >= 15 is 0 Å². The Morgan fingerprint density at radius 1 is 1.10 bits per heavy atom. The highest BCUT2D eigenvalue weighted by Gasteiger charge is 2.21. The van der Waals surface area contributed by atoms with Crippen molar-refractivity contribution in [3.8, 4) is 0 Å². The van der Waals surface area contributed by atoms with E-state index < -0.39 is 0 Å². The molecule has 0 saturated carbocycles. The van der Waals surface area contributed by atoms with Gasteiger partial charge in [-0.15, -0.1) is 0 Å². The Morgan fingerprint density at radius 2 is 1.67 bits per heavy atom. The second-order valence-corrected chi connectivity index (χ2v) is 5.35. The average molecular weight is 298 g/mol. The fraction of sp³-hybridized carbons (Fsp3) is 0.786. The lowest BCUT2D eigenvalue weighted by atomic mass is 10.2. The first-order valence-corrected chi connectivity index (χ1v) is 7.51. The van der Waals surface area contributed by atoms with Crippen LogP contribution >= 0.6 is 0 Å². The standard InChI is InChI=1S/C14H26N4O3/c1-4-11(2)16-14(21)15-6-5-13(20)18-9-7-17(8-10-18)12(3)19/h11H,4-10H2,1-3H3,(H2,15,16,21). The zero-order valence-electron chi connectivity index (χ0n) is 13.1. The first kappa shape index (κ1) is 17.3. The Kier molecular flexibility index (Phi) is 6.98. The summed E-state index contributed by atoms with van der Waals surface area (Å²) in [7, 11) is 0. The second-order valence-electron chi connectivity index (χ2n) is 5.35. The Balaban J connectivity index is 2.20. The lowest BCUT2D eigenvalue weighted by Crippen LogP contribution is -2.50. The lowest BCUT2D eigenvalue weighted by Gasteiger charge is -2.34. The maximum Gasteiger partial charge on any atom is 0.315 e. The van der Waals surface area contributed by atoms with Crippen LogP contribution in [-0.2, 0) is 9.59 Å². The van der Waals surface area contributed by atoms with Gasteiger partial charge in [0, 0.05) is 52.1 Å². The van der Waals surface area contributed by atoms with Gasteiger partial charge in [-0.2, -0.15) is 0 Å². The Morgan fingerprint density at radius 3 is 2.19 bits per heavy atom. The Bertz CT molecular complexity index is 378. The van der Waals surface area contributed by atoms with Gasteiger partial charge >= 0.3 is 6.03 Å². The minimum absolute atomic E-state index is 0.0158. The fourth-order valence-electron chi connectivity index (χ4n) is 2.09. The van der Waals surface area contributed by atoms with Crippen LogP contribution < -0.4 is 10.6 Å². The van der Waals surface area contributed by atoms with E-state index in [0.717, 1.165) is 6.42 Å². The number of hydrogen-bond acceptors (Lipinski definition) is 3. The number of urea groups is 1. The summed E-state index contributed by atoms with van der Waals surface area (Å²) in [6.45, 7) is 8.10. The van der Waals surface area contributed by atoms with Crippen molar-refractivity contribution in [1.82, 2.24) is 20.4 Å². The molecule has 0 aromatic rings. The molecule has 1 rings (SSSR count). The number of carbonyl (C=O) groups excluding carboxylic acids is 3. The zero-order valence-corrected chi connectivity index (χ0v) is 13.1. The van der Waals surface area contributed by atoms with E-state index in [1.54, 1.807) is 9.80 Å². The third kappa shape index (κ3) is 6.01. The number of nitrogens with one attached hydrogen (secondary N) is 2. The zero-order chi connectivity index (χ0) is 15.8. The summed E-state index contributed by atoms with van der Waals surface area (Å²) in [5, 5.41) is 5.46. The summed E-state index contributed by atoms with van der Waals surface area (Å²) in [6, 6.07) is -0.112. The molecule has 0 aromatic heterocycles. The van der Waals surface area contributed by atoms with E-state index in [-0.39, 0.29) is 30.3 Å². The predicted molar refractivity (Wildman–Crippen MR) is 79.7 cm³/mol. The topological polar surface area (TPSA) is 81.8 Å². The number of hydrogen-bond donors (Lipinski definition) is 2. The van der Waals surface area contributed by atoms with Crippen molar-refractivity contribution >= 4 is 17.8 Å². The van der Waals surface area contributed by atoms with Gasteiger partial charge in [0.1, 0.15) is 0 Å². The number of piperazine rings is 1. The van der Waals surface area contributed by atoms with Gasteiger partial charge in [0.2, 0.25) is 11.8 Å². The van der Waals surface area contributed by atoms with Crippen molar-refractivity contribution in [2.75, 3.05) is 32.7 Å². The molecular weight excluding hydrogens is 272 g/mol. The molecule has 1 heterocycles. The first-order chi connectivity index (χ1) is 9.93. The molecule has 0 radical (unpaired) electrons. The van der Waals surface area contributed by atoms with E-state index in [2.05, 4.69) is 10.6 Å². The summed E-state index contributed by atoms with van der Waals surface area (Å²) in [5.74, 6) is 0.0625. The maximum atomic E-state index is 12.0. The molecule has 0 spiro atoms. The summed E-state index contributed by atoms with van der Waals surface area (Å²) < 4.78 is 0. The molecular formula is C14H26N4O3. The van der Waals surface area contributed by atoms with Crippen molar-refractivity contribution in [1.29, 1.82) is 0 Å². The highest BCUT2D eigenvalue weighted by Crippen LogP contribution is 2.03. The number of carbonyl (C=O) groups is 3. The van der Waals surface area contributed by atoms with Crippen LogP contribution in [0.5, 0.6) is 0 Å². The van der Waals surface area contributed by atoms with Crippen LogP contribution in [0.4, 0.5) is 4.79 Å². The monoisotopic (exact) mass is 298 g/mol. The number of amides is 4. The minimum atomic E-state index is -0.237. The molecule has 21 heavy (non-hydrogen) atoms. The van der Waals surface area contributed by atoms with Crippen LogP contribution in [0.2, 0.25) is 0 Å². The smallest absolute Gasteiger partial charge is 0.315 e. The first-order valence-electron chi connectivity index (χ1n) is 7.51. The molecule has 120 valence electrons. The Hall–Kier alpha value is -1.79. The summed E-state index contributed by atoms with van der Waals surface area (Å²) in [6.07, 6.45) is 1.15. The van der Waals surface area contributed by atoms with E-state index in [1.165, 1.54) is 6.92 Å². The van der Waals surface area contributed by atoms with Gasteiger partial charge in [-0.25, -0.2) is 4.79 Å². The number of nitrogens with zero attached hydrogens (tertiary/aromatic N) is 2. The van der Waals surface area contributed by atoms with Gasteiger partial charge in [0.05, 0.1) is 0 Å². The molecule has 7 nitrogen and oxygen atoms in total. The second kappa shape index (κ2) is 8.49. The Labute approximate surface area is 126 Å². The molecule has 1 fully saturated rings. The summed E-state index contributed by atoms with van der Waals surface area (Å²) >= 11 is 0. The van der Waals surface area contributed by atoms with Crippen molar-refractivity contribution in [2.45, 2.75) is 39.7 Å². The summed E-state index contributed by atoms with van der Waals surface area (Å²) in [5.41, 5.74) is 0. The molecule has 7 heteroatoms. The molecule has 1 aliphatic rings. The third-order valence-corrected chi connectivity index (χ3v) is 3.69. The minimum Gasteiger partial charge on any atom is -0.339 e. The van der Waals surface area contributed by atoms with Crippen molar-refractivity contribution in [3.63, 3.8) is 0 Å². The fourth-order valence-corrected chi connectivity index (χ4v) is 2.09. The van der Waals surface area contributed by atoms with Gasteiger partial charge < -0.3 is 20.4 Å². The van der Waals surface area contributed by atoms with Crippen molar-refractivity contribution in [2.24, 2.45) is 0 Å². The summed E-state index contributed by atoms with van der Waals surface area (Å²) in [4.78, 5) is 38.2. The van der Waals surface area contributed by atoms with E-state index in [9.17, 15) is 14.4 Å². The van der Waals surface area contributed by atoms with Crippen LogP contribution in [0.15, 0.2) is 0 Å². The average Bonchev–Trinajstić information content (AvgIpc) is 2.46. The van der Waals surface area contributed by atoms with Gasteiger partial charge in [-0.3, -0.25) is 9.59 Å². The quantitative estimate of drug-likeness (QED) is 0.759. The largest absolute Gasteiger partial charge is 0.339 e. The maximum absolute atomic E-state index is 12.0. The highest BCUT2D eigenvalue weighted by atomic mass is 16.2. The van der Waals surface area contributed by atoms with Crippen molar-refractivity contribution in [3.05, 3.63) is 0 Å². The van der Waals surface area contributed by atoms with E-state index in [0.29, 0.717) is 32.7 Å². The van der Waals surface area contributed by atoms with Crippen LogP contribution in [0.3, 0.4) is 0 Å². The molecule has 0 aliphatic carbocycles. The van der Waals surface area contributed by atoms with Crippen LogP contribution in [-0.4, -0.2) is 66.4 Å². The molecule has 0 aromatic carbocycles. The van der Waals surface area contributed by atoms with E-state index in [4.69, 9.17) is 0 Å². The van der Waals surface area contributed by atoms with Gasteiger partial charge in [0.15, 0.2) is 0 Å². The van der Waals surface area contributed by atoms with Gasteiger partial charge in [-0.05, 0) is 13.3 Å².